The van der Waals surface area contributed by atoms with Crippen LogP contribution in [-0.4, -0.2) is 28.5 Å². The van der Waals surface area contributed by atoms with Crippen LogP contribution in [0.4, 0.5) is 0 Å². The molecule has 2 aliphatic rings. The first-order valence-corrected chi connectivity index (χ1v) is 13.8. The molecule has 0 aromatic heterocycles. The van der Waals surface area contributed by atoms with Crippen molar-refractivity contribution in [2.75, 3.05) is 6.61 Å². The van der Waals surface area contributed by atoms with Crippen molar-refractivity contribution in [3.8, 4) is 11.8 Å². The predicted octanol–water partition coefficient (Wildman–Crippen LogP) is 8.27. The molecule has 3 aromatic rings. The molecule has 0 radical (unpaired) electrons. The maximum Gasteiger partial charge on any atom is 0.335 e. The van der Waals surface area contributed by atoms with Crippen molar-refractivity contribution in [3.63, 3.8) is 0 Å². The lowest BCUT2D eigenvalue weighted by Crippen LogP contribution is -2.16. The van der Waals surface area contributed by atoms with Gasteiger partial charge in [0.15, 0.2) is 0 Å². The summed E-state index contributed by atoms with van der Waals surface area (Å²) in [7, 11) is 0. The van der Waals surface area contributed by atoms with Crippen LogP contribution in [0.2, 0.25) is 15.1 Å². The molecular weight excluding hydrogens is 571 g/mol. The van der Waals surface area contributed by atoms with Crippen molar-refractivity contribution >= 4 is 46.5 Å². The van der Waals surface area contributed by atoms with E-state index < -0.39 is 11.4 Å². The highest BCUT2D eigenvalue weighted by Gasteiger charge is 2.58. The van der Waals surface area contributed by atoms with Gasteiger partial charge in [-0.3, -0.25) is 5.41 Å². The number of aromatic carboxylic acids is 1. The second-order valence-electron chi connectivity index (χ2n) is 10.3. The summed E-state index contributed by atoms with van der Waals surface area (Å²) in [5.41, 5.74) is 2.15. The monoisotopic (exact) mass is 594 g/mol. The van der Waals surface area contributed by atoms with Crippen LogP contribution < -0.4 is 4.74 Å². The number of carboxylic acid groups (broad SMARTS) is 1. The molecule has 0 saturated heterocycles. The first-order chi connectivity index (χ1) is 19.1. The summed E-state index contributed by atoms with van der Waals surface area (Å²) in [6, 6.07) is 17.6. The zero-order valence-corrected chi connectivity index (χ0v) is 23.7. The van der Waals surface area contributed by atoms with Gasteiger partial charge in [-0.1, -0.05) is 53.0 Å². The Balaban J connectivity index is 1.39. The molecule has 3 N–H and O–H groups in total. The molecule has 3 aromatic carbocycles. The van der Waals surface area contributed by atoms with Gasteiger partial charge in [-0.25, -0.2) is 4.79 Å². The molecule has 0 aliphatic heterocycles. The average Bonchev–Trinajstić information content (AvgIpc) is 3.83. The Morgan fingerprint density at radius 1 is 1.07 bits per heavy atom. The Morgan fingerprint density at radius 3 is 2.38 bits per heavy atom. The van der Waals surface area contributed by atoms with Gasteiger partial charge in [-0.15, -0.1) is 0 Å². The van der Waals surface area contributed by atoms with Gasteiger partial charge >= 0.3 is 5.97 Å². The van der Waals surface area contributed by atoms with Crippen LogP contribution >= 0.6 is 34.8 Å². The Bertz CT molecular complexity index is 1600. The lowest BCUT2D eigenvalue weighted by atomic mass is 9.91. The number of aryl methyl sites for hydroxylation is 1. The van der Waals surface area contributed by atoms with Gasteiger partial charge in [0, 0.05) is 22.4 Å². The molecule has 204 valence electrons. The average molecular weight is 596 g/mol. The number of nitriles is 1. The van der Waals surface area contributed by atoms with Gasteiger partial charge in [0.05, 0.1) is 38.4 Å². The van der Waals surface area contributed by atoms with E-state index in [-0.39, 0.29) is 35.5 Å². The minimum Gasteiger partial charge on any atom is -0.512 e. The van der Waals surface area contributed by atoms with Crippen molar-refractivity contribution < 1.29 is 19.7 Å². The summed E-state index contributed by atoms with van der Waals surface area (Å²) >= 11 is 19.3. The molecule has 2 unspecified atom stereocenters. The van der Waals surface area contributed by atoms with Crippen LogP contribution in [0.15, 0.2) is 65.9 Å². The number of ether oxygens (including phenoxy) is 1. The fourth-order valence-corrected chi connectivity index (χ4v) is 6.08. The lowest BCUT2D eigenvalue weighted by molar-refractivity contribution is 0.0696. The first-order valence-electron chi connectivity index (χ1n) is 12.7. The topological polar surface area (TPSA) is 114 Å². The summed E-state index contributed by atoms with van der Waals surface area (Å²) in [6.45, 7) is 1.72. The number of nitrogens with one attached hydrogen (secondary N) is 1. The molecule has 2 saturated carbocycles. The number of hydrogen-bond acceptors (Lipinski definition) is 5. The molecule has 6 nitrogen and oxygen atoms in total. The van der Waals surface area contributed by atoms with Crippen molar-refractivity contribution in [2.45, 2.75) is 37.5 Å². The lowest BCUT2D eigenvalue weighted by Gasteiger charge is -2.17. The summed E-state index contributed by atoms with van der Waals surface area (Å²) in [6.07, 6.45) is 2.17. The standard InChI is InChI=1S/C31H25Cl3N2O4/c1-16-9-18(11-19(10-16)30(38)39)23-13-31(23,15-35)22-8-7-20(12-26(22)34)40-14-21(29(37)17-5-6-17)28(36)27-24(32)3-2-4-25(27)33/h2-4,7-12,17,23,36-37H,5-6,13-14H2,1H3,(H,38,39)/b29-21-,36-28?. The number of aliphatic hydroxyl groups is 1. The highest BCUT2D eigenvalue weighted by molar-refractivity contribution is 6.41. The second-order valence-corrected chi connectivity index (χ2v) is 11.5. The van der Waals surface area contributed by atoms with E-state index >= 15 is 0 Å². The maximum absolute atomic E-state index is 11.5. The van der Waals surface area contributed by atoms with Gasteiger partial charge < -0.3 is 14.9 Å². The molecule has 2 atom stereocenters. The van der Waals surface area contributed by atoms with Crippen LogP contribution in [0.1, 0.15) is 57.8 Å². The number of carboxylic acids is 1. The smallest absolute Gasteiger partial charge is 0.335 e. The molecule has 0 amide bonds. The van der Waals surface area contributed by atoms with E-state index in [9.17, 15) is 20.3 Å². The Morgan fingerprint density at radius 2 is 1.77 bits per heavy atom. The normalized spacial score (nSPS) is 20.3. The number of nitrogens with zero attached hydrogens (tertiary/aromatic N) is 1. The third kappa shape index (κ3) is 5.30. The number of carbonyl (C=O) groups is 1. The molecule has 2 aliphatic carbocycles. The molecule has 0 spiro atoms. The highest BCUT2D eigenvalue weighted by Crippen LogP contribution is 2.61. The Kier molecular flexibility index (Phi) is 7.58. The zero-order valence-electron chi connectivity index (χ0n) is 21.5. The number of hydrogen-bond donors (Lipinski definition) is 3. The number of allylic oxidation sites excluding steroid dienone is 1. The van der Waals surface area contributed by atoms with Crippen molar-refractivity contribution in [1.29, 1.82) is 10.7 Å². The highest BCUT2D eigenvalue weighted by atomic mass is 35.5. The molecule has 0 bridgehead atoms. The SMILES string of the molecule is Cc1cc(C(=O)O)cc(C2CC2(C#N)c2ccc(OC/C(C(=N)c3c(Cl)cccc3Cl)=C(/O)C3CC3)cc2Cl)c1. The second kappa shape index (κ2) is 10.8. The van der Waals surface area contributed by atoms with Crippen LogP contribution in [0, 0.1) is 29.6 Å². The summed E-state index contributed by atoms with van der Waals surface area (Å²) < 4.78 is 5.98. The zero-order chi connectivity index (χ0) is 28.8. The summed E-state index contributed by atoms with van der Waals surface area (Å²) in [5.74, 6) is -0.741. The molecule has 9 heteroatoms. The van der Waals surface area contributed by atoms with E-state index in [1.165, 1.54) is 0 Å². The third-order valence-corrected chi connectivity index (χ3v) is 8.44. The summed E-state index contributed by atoms with van der Waals surface area (Å²) in [5, 5.41) is 40.2. The maximum atomic E-state index is 11.5. The van der Waals surface area contributed by atoms with E-state index in [1.54, 1.807) is 48.5 Å². The predicted molar refractivity (Wildman–Crippen MR) is 155 cm³/mol. The third-order valence-electron chi connectivity index (χ3n) is 7.50. The quantitative estimate of drug-likeness (QED) is 0.170. The van der Waals surface area contributed by atoms with Gasteiger partial charge in [-0.2, -0.15) is 5.26 Å². The van der Waals surface area contributed by atoms with E-state index in [1.807, 2.05) is 13.0 Å². The minimum atomic E-state index is -1.02. The van der Waals surface area contributed by atoms with Crippen LogP contribution in [-0.2, 0) is 5.41 Å². The van der Waals surface area contributed by atoms with Crippen molar-refractivity contribution in [1.82, 2.24) is 0 Å². The molecule has 40 heavy (non-hydrogen) atoms. The largest absolute Gasteiger partial charge is 0.512 e. The fourth-order valence-electron chi connectivity index (χ4n) is 5.15. The van der Waals surface area contributed by atoms with Crippen LogP contribution in [0.3, 0.4) is 0 Å². The van der Waals surface area contributed by atoms with Gasteiger partial charge in [0.25, 0.3) is 0 Å². The minimum absolute atomic E-state index is 0.00847. The van der Waals surface area contributed by atoms with Gasteiger partial charge in [0.2, 0.25) is 0 Å². The number of benzene rings is 3. The van der Waals surface area contributed by atoms with Crippen LogP contribution in [0.5, 0.6) is 5.75 Å². The van der Waals surface area contributed by atoms with E-state index in [0.717, 1.165) is 24.0 Å². The Labute approximate surface area is 246 Å². The number of halogens is 3. The van der Waals surface area contributed by atoms with Crippen LogP contribution in [0.25, 0.3) is 0 Å². The van der Waals surface area contributed by atoms with Gasteiger partial charge in [0.1, 0.15) is 18.1 Å². The van der Waals surface area contributed by atoms with Crippen molar-refractivity contribution in [2.24, 2.45) is 5.92 Å². The fraction of sp³-hybridized carbons (Fsp3) is 0.258. The van der Waals surface area contributed by atoms with E-state index in [2.05, 4.69) is 6.07 Å². The first kappa shape index (κ1) is 28.0. The molecular formula is C31H25Cl3N2O4. The number of aliphatic hydroxyl groups excluding tert-OH is 1. The molecule has 2 fully saturated rings. The molecule has 0 heterocycles. The van der Waals surface area contributed by atoms with Gasteiger partial charge in [-0.05, 0) is 79.3 Å². The van der Waals surface area contributed by atoms with E-state index in [0.29, 0.717) is 43.9 Å². The van der Waals surface area contributed by atoms with Crippen molar-refractivity contribution in [3.05, 3.63) is 109 Å². The Hall–Kier alpha value is -3.50. The van der Waals surface area contributed by atoms with E-state index in [4.69, 9.17) is 44.9 Å². The molecule has 5 rings (SSSR count). The summed E-state index contributed by atoms with van der Waals surface area (Å²) in [4.78, 5) is 11.5. The number of rotatable bonds is 9.